The molecule has 0 N–H and O–H groups in total. The van der Waals surface area contributed by atoms with Gasteiger partial charge in [0.2, 0.25) is 5.91 Å². The Morgan fingerprint density at radius 3 is 3.07 bits per heavy atom. The Morgan fingerprint density at radius 2 is 2.36 bits per heavy atom. The third-order valence-electron chi connectivity index (χ3n) is 2.49. The zero-order valence-electron chi connectivity index (χ0n) is 8.53. The van der Waals surface area contributed by atoms with Crippen LogP contribution in [0.1, 0.15) is 19.5 Å². The number of amides is 1. The Morgan fingerprint density at radius 1 is 1.57 bits per heavy atom. The number of hydrogen-bond donors (Lipinski definition) is 0. The summed E-state index contributed by atoms with van der Waals surface area (Å²) in [4.78, 5) is 17.9. The minimum absolute atomic E-state index is 0.0566. The average Bonchev–Trinajstić information content (AvgIpc) is 2.60. The number of carbonyl (C=O) groups excluding carboxylic acids is 1. The lowest BCUT2D eigenvalue weighted by Gasteiger charge is -2.18. The Labute approximate surface area is 83.8 Å². The van der Waals surface area contributed by atoms with E-state index in [4.69, 9.17) is 0 Å². The van der Waals surface area contributed by atoms with Gasteiger partial charge in [-0.25, -0.2) is 0 Å². The summed E-state index contributed by atoms with van der Waals surface area (Å²) in [6.45, 7) is 4.64. The Bertz CT molecular complexity index is 360. The summed E-state index contributed by atoms with van der Waals surface area (Å²) >= 11 is 0. The van der Waals surface area contributed by atoms with Crippen LogP contribution in [0.3, 0.4) is 0 Å². The largest absolute Gasteiger partial charge is 0.310 e. The molecule has 14 heavy (non-hydrogen) atoms. The van der Waals surface area contributed by atoms with Gasteiger partial charge in [-0.3, -0.25) is 9.78 Å². The molecule has 1 amide bonds. The molecule has 1 aliphatic rings. The molecule has 74 valence electrons. The lowest BCUT2D eigenvalue weighted by molar-refractivity contribution is -0.121. The number of hydrogen-bond acceptors (Lipinski definition) is 2. The standard InChI is InChI=1S/C11H14N2O/c1-8(2)11(14)13-7-5-9-10(13)4-3-6-12-9/h3-4,6,8H,5,7H2,1-2H3. The van der Waals surface area contributed by atoms with E-state index in [1.165, 1.54) is 0 Å². The number of pyridine rings is 1. The highest BCUT2D eigenvalue weighted by Crippen LogP contribution is 2.26. The van der Waals surface area contributed by atoms with Crippen LogP contribution in [0.4, 0.5) is 5.69 Å². The maximum absolute atomic E-state index is 11.8. The van der Waals surface area contributed by atoms with Crippen molar-refractivity contribution >= 4 is 11.6 Å². The van der Waals surface area contributed by atoms with Gasteiger partial charge in [-0.15, -0.1) is 0 Å². The number of fused-ring (bicyclic) bond motifs is 1. The molecule has 0 saturated heterocycles. The molecule has 0 radical (unpaired) electrons. The molecule has 0 atom stereocenters. The van der Waals surface area contributed by atoms with E-state index in [9.17, 15) is 4.79 Å². The van der Waals surface area contributed by atoms with E-state index >= 15 is 0 Å². The van der Waals surface area contributed by atoms with Gasteiger partial charge in [-0.05, 0) is 12.1 Å². The fraction of sp³-hybridized carbons (Fsp3) is 0.455. The fourth-order valence-corrected chi connectivity index (χ4v) is 1.75. The second-order valence-electron chi connectivity index (χ2n) is 3.86. The van der Waals surface area contributed by atoms with Crippen molar-refractivity contribution in [2.45, 2.75) is 20.3 Å². The quantitative estimate of drug-likeness (QED) is 0.674. The smallest absolute Gasteiger partial charge is 0.229 e. The van der Waals surface area contributed by atoms with E-state index in [1.807, 2.05) is 30.9 Å². The number of carbonyl (C=O) groups is 1. The minimum Gasteiger partial charge on any atom is -0.310 e. The first-order valence-corrected chi connectivity index (χ1v) is 4.95. The van der Waals surface area contributed by atoms with Crippen molar-refractivity contribution in [2.75, 3.05) is 11.4 Å². The van der Waals surface area contributed by atoms with Crippen molar-refractivity contribution in [2.24, 2.45) is 5.92 Å². The number of aromatic nitrogens is 1. The van der Waals surface area contributed by atoms with Gasteiger partial charge >= 0.3 is 0 Å². The van der Waals surface area contributed by atoms with Gasteiger partial charge in [0.15, 0.2) is 0 Å². The van der Waals surface area contributed by atoms with E-state index in [0.717, 1.165) is 24.3 Å². The SMILES string of the molecule is CC(C)C(=O)N1CCc2ncccc21. The molecule has 3 heteroatoms. The molecule has 3 nitrogen and oxygen atoms in total. The van der Waals surface area contributed by atoms with Crippen molar-refractivity contribution in [3.8, 4) is 0 Å². The topological polar surface area (TPSA) is 33.2 Å². The van der Waals surface area contributed by atoms with Crippen LogP contribution in [0.2, 0.25) is 0 Å². The number of rotatable bonds is 1. The van der Waals surface area contributed by atoms with Crippen molar-refractivity contribution in [1.82, 2.24) is 4.98 Å². The van der Waals surface area contributed by atoms with Crippen LogP contribution in [-0.2, 0) is 11.2 Å². The van der Waals surface area contributed by atoms with Gasteiger partial charge < -0.3 is 4.90 Å². The van der Waals surface area contributed by atoms with Crippen molar-refractivity contribution < 1.29 is 4.79 Å². The maximum atomic E-state index is 11.8. The molecule has 0 saturated carbocycles. The average molecular weight is 190 g/mol. The van der Waals surface area contributed by atoms with Crippen LogP contribution in [0.5, 0.6) is 0 Å². The predicted octanol–water partition coefficient (Wildman–Crippen LogP) is 1.63. The summed E-state index contributed by atoms with van der Waals surface area (Å²) in [5.41, 5.74) is 2.03. The molecule has 2 rings (SSSR count). The lowest BCUT2D eigenvalue weighted by atomic mass is 10.2. The van der Waals surface area contributed by atoms with Gasteiger partial charge in [0.1, 0.15) is 0 Å². The molecule has 0 aliphatic carbocycles. The predicted molar refractivity (Wildman–Crippen MR) is 55.1 cm³/mol. The molecule has 0 aromatic carbocycles. The Hall–Kier alpha value is -1.38. The summed E-state index contributed by atoms with van der Waals surface area (Å²) in [5, 5.41) is 0. The fourth-order valence-electron chi connectivity index (χ4n) is 1.75. The van der Waals surface area contributed by atoms with Crippen LogP contribution in [-0.4, -0.2) is 17.4 Å². The van der Waals surface area contributed by atoms with Crippen LogP contribution >= 0.6 is 0 Å². The van der Waals surface area contributed by atoms with Gasteiger partial charge in [-0.2, -0.15) is 0 Å². The van der Waals surface area contributed by atoms with Crippen LogP contribution in [0.25, 0.3) is 0 Å². The molecule has 0 bridgehead atoms. The molecule has 0 fully saturated rings. The van der Waals surface area contributed by atoms with Crippen molar-refractivity contribution in [3.05, 3.63) is 24.0 Å². The molecule has 2 heterocycles. The first kappa shape index (κ1) is 9.19. The second kappa shape index (κ2) is 3.40. The first-order chi connectivity index (χ1) is 6.70. The summed E-state index contributed by atoms with van der Waals surface area (Å²) in [6, 6.07) is 3.85. The Kier molecular flexibility index (Phi) is 2.23. The number of anilines is 1. The van der Waals surface area contributed by atoms with Crippen LogP contribution < -0.4 is 4.90 Å². The molecule has 1 aliphatic heterocycles. The van der Waals surface area contributed by atoms with E-state index in [-0.39, 0.29) is 11.8 Å². The molecule has 0 unspecified atom stereocenters. The number of nitrogens with zero attached hydrogens (tertiary/aromatic N) is 2. The molecular formula is C11H14N2O. The van der Waals surface area contributed by atoms with Gasteiger partial charge in [0, 0.05) is 25.1 Å². The van der Waals surface area contributed by atoms with Crippen LogP contribution in [0, 0.1) is 5.92 Å². The summed E-state index contributed by atoms with van der Waals surface area (Å²) < 4.78 is 0. The van der Waals surface area contributed by atoms with E-state index in [0.29, 0.717) is 0 Å². The monoisotopic (exact) mass is 190 g/mol. The van der Waals surface area contributed by atoms with E-state index in [1.54, 1.807) is 6.20 Å². The van der Waals surface area contributed by atoms with Gasteiger partial charge in [-0.1, -0.05) is 13.8 Å². The molecule has 0 spiro atoms. The maximum Gasteiger partial charge on any atom is 0.229 e. The van der Waals surface area contributed by atoms with E-state index in [2.05, 4.69) is 4.98 Å². The zero-order valence-corrected chi connectivity index (χ0v) is 8.53. The minimum atomic E-state index is 0.0566. The third-order valence-corrected chi connectivity index (χ3v) is 2.49. The molecule has 1 aromatic rings. The van der Waals surface area contributed by atoms with E-state index < -0.39 is 0 Å². The second-order valence-corrected chi connectivity index (χ2v) is 3.86. The van der Waals surface area contributed by atoms with Crippen molar-refractivity contribution in [3.63, 3.8) is 0 Å². The van der Waals surface area contributed by atoms with Crippen LogP contribution in [0.15, 0.2) is 18.3 Å². The zero-order chi connectivity index (χ0) is 10.1. The summed E-state index contributed by atoms with van der Waals surface area (Å²) in [7, 11) is 0. The summed E-state index contributed by atoms with van der Waals surface area (Å²) in [5.74, 6) is 0.248. The summed E-state index contributed by atoms with van der Waals surface area (Å²) in [6.07, 6.45) is 2.66. The normalized spacial score (nSPS) is 14.6. The van der Waals surface area contributed by atoms with Gasteiger partial charge in [0.25, 0.3) is 0 Å². The molecule has 1 aromatic heterocycles. The highest BCUT2D eigenvalue weighted by molar-refractivity contribution is 5.96. The van der Waals surface area contributed by atoms with Crippen molar-refractivity contribution in [1.29, 1.82) is 0 Å². The van der Waals surface area contributed by atoms with Gasteiger partial charge in [0.05, 0.1) is 11.4 Å². The molecular weight excluding hydrogens is 176 g/mol. The highest BCUT2D eigenvalue weighted by Gasteiger charge is 2.26. The highest BCUT2D eigenvalue weighted by atomic mass is 16.2. The lowest BCUT2D eigenvalue weighted by Crippen LogP contribution is -2.32. The first-order valence-electron chi connectivity index (χ1n) is 4.95. The Balaban J connectivity index is 2.30. The third kappa shape index (κ3) is 1.39.